The fourth-order valence-corrected chi connectivity index (χ4v) is 4.99. The second kappa shape index (κ2) is 5.59. The van der Waals surface area contributed by atoms with Gasteiger partial charge in [-0.15, -0.1) is 11.8 Å². The van der Waals surface area contributed by atoms with Crippen LogP contribution in [0.1, 0.15) is 40.5 Å². The van der Waals surface area contributed by atoms with Gasteiger partial charge in [-0.1, -0.05) is 12.1 Å². The number of ether oxygens (including phenoxy) is 1. The summed E-state index contributed by atoms with van der Waals surface area (Å²) in [4.78, 5) is 51.2. The molecule has 0 aromatic heterocycles. The molecule has 4 rings (SSSR count). The van der Waals surface area contributed by atoms with Gasteiger partial charge in [-0.25, -0.2) is 9.69 Å². The van der Waals surface area contributed by atoms with Crippen molar-refractivity contribution in [3.8, 4) is 0 Å². The smallest absolute Gasteiger partial charge is 0.331 e. The quantitative estimate of drug-likeness (QED) is 0.596. The number of thioether (sulfide) groups is 1. The maximum atomic E-state index is 12.4. The molecule has 3 heterocycles. The van der Waals surface area contributed by atoms with E-state index in [0.717, 1.165) is 4.90 Å². The van der Waals surface area contributed by atoms with E-state index in [9.17, 15) is 19.2 Å². The summed E-state index contributed by atoms with van der Waals surface area (Å²) in [5, 5.41) is 0. The van der Waals surface area contributed by atoms with E-state index in [1.54, 1.807) is 40.9 Å². The highest BCUT2D eigenvalue weighted by molar-refractivity contribution is 8.01. The molecule has 3 aliphatic heterocycles. The van der Waals surface area contributed by atoms with E-state index in [1.807, 2.05) is 6.92 Å². The van der Waals surface area contributed by atoms with Crippen LogP contribution in [0.25, 0.3) is 0 Å². The normalized spacial score (nSPS) is 27.7. The Morgan fingerprint density at radius 2 is 1.88 bits per heavy atom. The lowest BCUT2D eigenvalue weighted by Gasteiger charge is -2.29. The number of hydrogen-bond donors (Lipinski definition) is 0. The van der Waals surface area contributed by atoms with Gasteiger partial charge in [0.15, 0.2) is 6.73 Å². The number of nitrogens with zero attached hydrogens (tertiary/aromatic N) is 2. The molecule has 8 heteroatoms. The Balaban J connectivity index is 1.44. The first-order valence-electron chi connectivity index (χ1n) is 8.00. The lowest BCUT2D eigenvalue weighted by molar-refractivity contribution is -0.155. The fraction of sp³-hybridized carbons (Fsp3) is 0.412. The molecular weight excluding hydrogens is 344 g/mol. The van der Waals surface area contributed by atoms with Gasteiger partial charge in [-0.3, -0.25) is 14.4 Å². The summed E-state index contributed by atoms with van der Waals surface area (Å²) in [6.45, 7) is 1.51. The molecule has 7 nitrogen and oxygen atoms in total. The molecule has 2 atom stereocenters. The average molecular weight is 360 g/mol. The van der Waals surface area contributed by atoms with E-state index >= 15 is 0 Å². The molecule has 2 fully saturated rings. The SMILES string of the molecule is C[C@]12CCC(=O)N1[C@@H](C(=O)OCN1C(=O)c3ccccc3C1=O)CS2. The lowest BCUT2D eigenvalue weighted by atomic mass is 10.1. The predicted octanol–water partition coefficient (Wildman–Crippen LogP) is 1.24. The molecule has 0 radical (unpaired) electrons. The number of amides is 3. The van der Waals surface area contributed by atoms with E-state index in [1.165, 1.54) is 0 Å². The molecule has 3 amide bonds. The Bertz CT molecular complexity index is 775. The number of carbonyl (C=O) groups excluding carboxylic acids is 4. The molecule has 0 saturated carbocycles. The Labute approximate surface area is 148 Å². The fourth-order valence-electron chi connectivity index (χ4n) is 3.58. The molecule has 1 aromatic rings. The zero-order chi connectivity index (χ0) is 17.8. The maximum Gasteiger partial charge on any atom is 0.331 e. The third-order valence-corrected chi connectivity index (χ3v) is 6.44. The summed E-state index contributed by atoms with van der Waals surface area (Å²) in [5.74, 6) is -1.13. The highest BCUT2D eigenvalue weighted by atomic mass is 32.2. The van der Waals surface area contributed by atoms with Crippen molar-refractivity contribution in [2.45, 2.75) is 30.7 Å². The largest absolute Gasteiger partial charge is 0.442 e. The van der Waals surface area contributed by atoms with Crippen molar-refractivity contribution in [2.75, 3.05) is 12.5 Å². The molecule has 0 bridgehead atoms. The molecule has 2 saturated heterocycles. The molecule has 0 aliphatic carbocycles. The van der Waals surface area contributed by atoms with E-state index in [4.69, 9.17) is 4.74 Å². The van der Waals surface area contributed by atoms with Crippen molar-refractivity contribution in [1.29, 1.82) is 0 Å². The van der Waals surface area contributed by atoms with Crippen LogP contribution in [0.5, 0.6) is 0 Å². The minimum atomic E-state index is -0.666. The van der Waals surface area contributed by atoms with Crippen LogP contribution in [0, 0.1) is 0 Å². The molecular formula is C17H16N2O5S. The van der Waals surface area contributed by atoms with Crippen LogP contribution in [0.4, 0.5) is 0 Å². The standard InChI is InChI=1S/C17H16N2O5S/c1-17-7-6-13(20)19(17)12(8-25-17)16(23)24-9-18-14(21)10-4-2-3-5-11(10)15(18)22/h2-5,12H,6-9H2,1H3/t12-,17+/m1/s1. The summed E-state index contributed by atoms with van der Waals surface area (Å²) in [6, 6.07) is 5.82. The van der Waals surface area contributed by atoms with Crippen LogP contribution >= 0.6 is 11.8 Å². The predicted molar refractivity (Wildman–Crippen MR) is 88.6 cm³/mol. The van der Waals surface area contributed by atoms with E-state index in [2.05, 4.69) is 0 Å². The molecule has 0 N–H and O–H groups in total. The van der Waals surface area contributed by atoms with Gasteiger partial charge in [-0.2, -0.15) is 0 Å². The van der Waals surface area contributed by atoms with Crippen LogP contribution in [0.3, 0.4) is 0 Å². The van der Waals surface area contributed by atoms with Gasteiger partial charge in [0.25, 0.3) is 11.8 Å². The molecule has 1 aromatic carbocycles. The van der Waals surface area contributed by atoms with E-state index in [0.29, 0.717) is 29.7 Å². The van der Waals surface area contributed by atoms with Gasteiger partial charge in [0, 0.05) is 12.2 Å². The molecule has 25 heavy (non-hydrogen) atoms. The number of hydrogen-bond acceptors (Lipinski definition) is 6. The molecule has 130 valence electrons. The van der Waals surface area contributed by atoms with Crippen LogP contribution < -0.4 is 0 Å². The zero-order valence-corrected chi connectivity index (χ0v) is 14.4. The summed E-state index contributed by atoms with van der Waals surface area (Å²) >= 11 is 1.56. The zero-order valence-electron chi connectivity index (χ0n) is 13.6. The monoisotopic (exact) mass is 360 g/mol. The van der Waals surface area contributed by atoms with Gasteiger partial charge >= 0.3 is 5.97 Å². The second-order valence-corrected chi connectivity index (χ2v) is 7.94. The van der Waals surface area contributed by atoms with Gasteiger partial charge in [-0.05, 0) is 25.5 Å². The van der Waals surface area contributed by atoms with Crippen molar-refractivity contribution < 1.29 is 23.9 Å². The highest BCUT2D eigenvalue weighted by Crippen LogP contribution is 2.47. The summed E-state index contributed by atoms with van der Waals surface area (Å²) in [6.07, 6.45) is 1.13. The van der Waals surface area contributed by atoms with E-state index < -0.39 is 30.6 Å². The van der Waals surface area contributed by atoms with E-state index in [-0.39, 0.29) is 10.8 Å². The summed E-state index contributed by atoms with van der Waals surface area (Å²) in [5.41, 5.74) is 0.615. The van der Waals surface area contributed by atoms with Crippen LogP contribution in [-0.2, 0) is 14.3 Å². The van der Waals surface area contributed by atoms with Crippen LogP contribution in [0.2, 0.25) is 0 Å². The Hall–Kier alpha value is -2.35. The number of fused-ring (bicyclic) bond motifs is 2. The van der Waals surface area contributed by atoms with Gasteiger partial charge in [0.2, 0.25) is 5.91 Å². The van der Waals surface area contributed by atoms with Gasteiger partial charge < -0.3 is 9.64 Å². The maximum absolute atomic E-state index is 12.4. The molecule has 3 aliphatic rings. The topological polar surface area (TPSA) is 84.0 Å². The first-order chi connectivity index (χ1) is 11.9. The number of benzene rings is 1. The van der Waals surface area contributed by atoms with Crippen molar-refractivity contribution in [2.24, 2.45) is 0 Å². The Kier molecular flexibility index (Phi) is 3.61. The van der Waals surface area contributed by atoms with Crippen molar-refractivity contribution in [3.05, 3.63) is 35.4 Å². The lowest BCUT2D eigenvalue weighted by Crippen LogP contribution is -2.47. The first-order valence-corrected chi connectivity index (χ1v) is 8.99. The Morgan fingerprint density at radius 3 is 2.52 bits per heavy atom. The summed E-state index contributed by atoms with van der Waals surface area (Å²) in [7, 11) is 0. The average Bonchev–Trinajstić information content (AvgIpc) is 3.18. The highest BCUT2D eigenvalue weighted by Gasteiger charge is 2.53. The summed E-state index contributed by atoms with van der Waals surface area (Å²) < 4.78 is 5.22. The van der Waals surface area contributed by atoms with Crippen molar-refractivity contribution in [3.63, 3.8) is 0 Å². The number of imide groups is 1. The Morgan fingerprint density at radius 1 is 1.24 bits per heavy atom. The third kappa shape index (κ3) is 2.35. The van der Waals surface area contributed by atoms with Crippen molar-refractivity contribution >= 4 is 35.5 Å². The third-order valence-electron chi connectivity index (χ3n) is 4.93. The molecule has 0 unspecified atom stereocenters. The van der Waals surface area contributed by atoms with Gasteiger partial charge in [0.1, 0.15) is 6.04 Å². The number of esters is 1. The first kappa shape index (κ1) is 16.1. The molecule has 0 spiro atoms. The second-order valence-electron chi connectivity index (χ2n) is 6.44. The van der Waals surface area contributed by atoms with Crippen LogP contribution in [0.15, 0.2) is 24.3 Å². The minimum absolute atomic E-state index is 0.0600. The number of carbonyl (C=O) groups is 4. The van der Waals surface area contributed by atoms with Crippen LogP contribution in [-0.4, -0.2) is 56.9 Å². The number of rotatable bonds is 3. The minimum Gasteiger partial charge on any atom is -0.442 e. The van der Waals surface area contributed by atoms with Gasteiger partial charge in [0.05, 0.1) is 16.0 Å². The van der Waals surface area contributed by atoms with Crippen molar-refractivity contribution in [1.82, 2.24) is 9.80 Å².